The number of rotatable bonds is 3. The summed E-state index contributed by atoms with van der Waals surface area (Å²) in [5.74, 6) is 0.957. The van der Waals surface area contributed by atoms with Gasteiger partial charge in [-0.1, -0.05) is 13.3 Å². The minimum atomic E-state index is 0.640. The molecular formula is C13H19BrN2. The number of pyridine rings is 1. The standard InChI is InChI=1S/C13H19BrN2/c1-2-10-3-5-11(6-4-10)16-13-7-8-15-9-12(13)14/h7-11H,2-6H2,1H3,(H,15,16). The van der Waals surface area contributed by atoms with E-state index >= 15 is 0 Å². The molecular weight excluding hydrogens is 264 g/mol. The maximum Gasteiger partial charge on any atom is 0.0590 e. The number of nitrogens with zero attached hydrogens (tertiary/aromatic N) is 1. The van der Waals surface area contributed by atoms with Crippen molar-refractivity contribution in [1.82, 2.24) is 4.98 Å². The van der Waals surface area contributed by atoms with Crippen LogP contribution in [0.4, 0.5) is 5.69 Å². The van der Waals surface area contributed by atoms with E-state index in [-0.39, 0.29) is 0 Å². The highest BCUT2D eigenvalue weighted by Gasteiger charge is 2.19. The Kier molecular flexibility index (Phi) is 4.22. The molecule has 1 saturated carbocycles. The highest BCUT2D eigenvalue weighted by atomic mass is 79.9. The van der Waals surface area contributed by atoms with Gasteiger partial charge in [0.25, 0.3) is 0 Å². The van der Waals surface area contributed by atoms with Gasteiger partial charge in [-0.25, -0.2) is 0 Å². The zero-order valence-electron chi connectivity index (χ0n) is 9.75. The summed E-state index contributed by atoms with van der Waals surface area (Å²) in [6.45, 7) is 2.30. The number of halogens is 1. The molecule has 3 heteroatoms. The first-order chi connectivity index (χ1) is 7.79. The molecule has 0 atom stereocenters. The van der Waals surface area contributed by atoms with Crippen molar-refractivity contribution in [3.05, 3.63) is 22.9 Å². The fourth-order valence-corrected chi connectivity index (χ4v) is 2.79. The van der Waals surface area contributed by atoms with E-state index in [4.69, 9.17) is 0 Å². The van der Waals surface area contributed by atoms with Crippen LogP contribution in [0.2, 0.25) is 0 Å². The van der Waals surface area contributed by atoms with Crippen LogP contribution in [-0.2, 0) is 0 Å². The fraction of sp³-hybridized carbons (Fsp3) is 0.615. The lowest BCUT2D eigenvalue weighted by atomic mass is 9.84. The van der Waals surface area contributed by atoms with Gasteiger partial charge in [0.2, 0.25) is 0 Å². The van der Waals surface area contributed by atoms with E-state index in [0.717, 1.165) is 10.4 Å². The summed E-state index contributed by atoms with van der Waals surface area (Å²) < 4.78 is 1.06. The smallest absolute Gasteiger partial charge is 0.0590 e. The Morgan fingerprint density at radius 1 is 1.38 bits per heavy atom. The van der Waals surface area contributed by atoms with Crippen molar-refractivity contribution in [1.29, 1.82) is 0 Å². The van der Waals surface area contributed by atoms with Crippen LogP contribution in [0.3, 0.4) is 0 Å². The zero-order valence-corrected chi connectivity index (χ0v) is 11.3. The van der Waals surface area contributed by atoms with E-state index in [2.05, 4.69) is 33.2 Å². The van der Waals surface area contributed by atoms with Crippen molar-refractivity contribution in [2.45, 2.75) is 45.1 Å². The molecule has 0 aromatic carbocycles. The number of hydrogen-bond acceptors (Lipinski definition) is 2. The lowest BCUT2D eigenvalue weighted by Crippen LogP contribution is -2.26. The molecule has 1 heterocycles. The maximum atomic E-state index is 4.08. The number of hydrogen-bond donors (Lipinski definition) is 1. The van der Waals surface area contributed by atoms with Crippen LogP contribution in [0.25, 0.3) is 0 Å². The first kappa shape index (κ1) is 11.9. The third-order valence-corrected chi connectivity index (χ3v) is 4.19. The van der Waals surface area contributed by atoms with Crippen LogP contribution < -0.4 is 5.32 Å². The third-order valence-electron chi connectivity index (χ3n) is 3.56. The van der Waals surface area contributed by atoms with Gasteiger partial charge < -0.3 is 5.32 Å². The first-order valence-corrected chi connectivity index (χ1v) is 6.95. The average Bonchev–Trinajstić information content (AvgIpc) is 2.33. The predicted molar refractivity (Wildman–Crippen MR) is 71.6 cm³/mol. The van der Waals surface area contributed by atoms with Crippen LogP contribution >= 0.6 is 15.9 Å². The quantitative estimate of drug-likeness (QED) is 0.898. The number of nitrogens with one attached hydrogen (secondary N) is 1. The molecule has 0 amide bonds. The van der Waals surface area contributed by atoms with Crippen LogP contribution in [0.5, 0.6) is 0 Å². The van der Waals surface area contributed by atoms with Crippen LogP contribution in [-0.4, -0.2) is 11.0 Å². The van der Waals surface area contributed by atoms with Crippen molar-refractivity contribution in [2.75, 3.05) is 5.32 Å². The molecule has 1 N–H and O–H groups in total. The summed E-state index contributed by atoms with van der Waals surface area (Å²) >= 11 is 3.52. The molecule has 0 saturated heterocycles. The molecule has 1 aliphatic rings. The molecule has 1 fully saturated rings. The van der Waals surface area contributed by atoms with Crippen molar-refractivity contribution >= 4 is 21.6 Å². The maximum absolute atomic E-state index is 4.08. The second-order valence-corrected chi connectivity index (χ2v) is 5.48. The molecule has 1 aliphatic carbocycles. The van der Waals surface area contributed by atoms with Crippen LogP contribution in [0.1, 0.15) is 39.0 Å². The molecule has 1 aromatic heterocycles. The minimum Gasteiger partial charge on any atom is -0.381 e. The minimum absolute atomic E-state index is 0.640. The highest BCUT2D eigenvalue weighted by Crippen LogP contribution is 2.30. The van der Waals surface area contributed by atoms with Gasteiger partial charge in [-0.15, -0.1) is 0 Å². The lowest BCUT2D eigenvalue weighted by Gasteiger charge is -2.29. The van der Waals surface area contributed by atoms with Gasteiger partial charge in [0.1, 0.15) is 0 Å². The van der Waals surface area contributed by atoms with Gasteiger partial charge in [0, 0.05) is 18.4 Å². The van der Waals surface area contributed by atoms with Crippen molar-refractivity contribution in [2.24, 2.45) is 5.92 Å². The second kappa shape index (κ2) is 5.67. The Balaban J connectivity index is 1.89. The van der Waals surface area contributed by atoms with E-state index in [1.54, 1.807) is 0 Å². The lowest BCUT2D eigenvalue weighted by molar-refractivity contribution is 0.330. The molecule has 0 aliphatic heterocycles. The largest absolute Gasteiger partial charge is 0.381 e. The Bertz CT molecular complexity index is 332. The molecule has 0 unspecified atom stereocenters. The molecule has 0 radical (unpaired) electrons. The van der Waals surface area contributed by atoms with Gasteiger partial charge in [-0.3, -0.25) is 4.98 Å². The summed E-state index contributed by atoms with van der Waals surface area (Å²) in [4.78, 5) is 4.08. The molecule has 16 heavy (non-hydrogen) atoms. The van der Waals surface area contributed by atoms with E-state index in [1.807, 2.05) is 18.5 Å². The van der Waals surface area contributed by atoms with Crippen molar-refractivity contribution in [3.8, 4) is 0 Å². The van der Waals surface area contributed by atoms with E-state index in [1.165, 1.54) is 37.8 Å². The molecule has 0 bridgehead atoms. The Morgan fingerprint density at radius 3 is 2.75 bits per heavy atom. The van der Waals surface area contributed by atoms with Gasteiger partial charge in [0.15, 0.2) is 0 Å². The molecule has 88 valence electrons. The molecule has 2 rings (SSSR count). The Morgan fingerprint density at radius 2 is 2.12 bits per heavy atom. The van der Waals surface area contributed by atoms with Crippen molar-refractivity contribution < 1.29 is 0 Å². The van der Waals surface area contributed by atoms with Crippen LogP contribution in [0, 0.1) is 5.92 Å². The summed E-state index contributed by atoms with van der Waals surface area (Å²) in [7, 11) is 0. The second-order valence-electron chi connectivity index (χ2n) is 4.63. The highest BCUT2D eigenvalue weighted by molar-refractivity contribution is 9.10. The fourth-order valence-electron chi connectivity index (χ4n) is 2.43. The Hall–Kier alpha value is -0.570. The van der Waals surface area contributed by atoms with E-state index in [9.17, 15) is 0 Å². The number of aromatic nitrogens is 1. The average molecular weight is 283 g/mol. The molecule has 2 nitrogen and oxygen atoms in total. The van der Waals surface area contributed by atoms with Gasteiger partial charge in [-0.2, -0.15) is 0 Å². The Labute approximate surface area is 106 Å². The summed E-state index contributed by atoms with van der Waals surface area (Å²) in [5, 5.41) is 3.61. The molecule has 1 aromatic rings. The first-order valence-electron chi connectivity index (χ1n) is 6.15. The van der Waals surface area contributed by atoms with Gasteiger partial charge in [-0.05, 0) is 53.6 Å². The zero-order chi connectivity index (χ0) is 11.4. The van der Waals surface area contributed by atoms with Crippen molar-refractivity contribution in [3.63, 3.8) is 0 Å². The van der Waals surface area contributed by atoms with Gasteiger partial charge >= 0.3 is 0 Å². The van der Waals surface area contributed by atoms with E-state index < -0.39 is 0 Å². The molecule has 0 spiro atoms. The summed E-state index contributed by atoms with van der Waals surface area (Å²) in [6, 6.07) is 2.68. The summed E-state index contributed by atoms with van der Waals surface area (Å²) in [5.41, 5.74) is 1.18. The number of anilines is 1. The van der Waals surface area contributed by atoms with E-state index in [0.29, 0.717) is 6.04 Å². The normalized spacial score (nSPS) is 25.4. The topological polar surface area (TPSA) is 24.9 Å². The third kappa shape index (κ3) is 2.97. The SMILES string of the molecule is CCC1CCC(Nc2ccncc2Br)CC1. The monoisotopic (exact) mass is 282 g/mol. The van der Waals surface area contributed by atoms with Gasteiger partial charge in [0.05, 0.1) is 10.2 Å². The predicted octanol–water partition coefficient (Wildman–Crippen LogP) is 4.22. The van der Waals surface area contributed by atoms with Crippen LogP contribution in [0.15, 0.2) is 22.9 Å². The summed E-state index contributed by atoms with van der Waals surface area (Å²) in [6.07, 6.45) is 10.4.